The van der Waals surface area contributed by atoms with E-state index in [4.69, 9.17) is 15.9 Å². The third-order valence-electron chi connectivity index (χ3n) is 5.26. The Morgan fingerprint density at radius 1 is 1.21 bits per heavy atom. The van der Waals surface area contributed by atoms with Gasteiger partial charge < -0.3 is 21.2 Å². The second-order valence-electron chi connectivity index (χ2n) is 8.09. The van der Waals surface area contributed by atoms with Crippen molar-refractivity contribution >= 4 is 12.1 Å². The Balaban J connectivity index is 0.00000229. The monoisotopic (exact) mass is 514 g/mol. The number of benzene rings is 1. The van der Waals surface area contributed by atoms with E-state index in [2.05, 4.69) is 34.8 Å². The molecule has 8 heteroatoms. The lowest BCUT2D eigenvalue weighted by Crippen LogP contribution is -2.21. The van der Waals surface area contributed by atoms with E-state index in [-0.39, 0.29) is 5.84 Å². The van der Waals surface area contributed by atoms with Crippen LogP contribution in [-0.2, 0) is 24.2 Å². The number of nitrogens with zero attached hydrogens (tertiary/aromatic N) is 2. The third-order valence-corrected chi connectivity index (χ3v) is 5.26. The summed E-state index contributed by atoms with van der Waals surface area (Å²) in [5, 5.41) is 23.4. The number of aldehydes is 1. The van der Waals surface area contributed by atoms with Gasteiger partial charge in [0.1, 0.15) is 17.9 Å². The molecule has 38 heavy (non-hydrogen) atoms. The molecule has 0 aliphatic rings. The average molecular weight is 515 g/mol. The highest BCUT2D eigenvalue weighted by molar-refractivity contribution is 5.94. The van der Waals surface area contributed by atoms with Gasteiger partial charge in [0.25, 0.3) is 0 Å². The zero-order chi connectivity index (χ0) is 28.3. The molecule has 1 heterocycles. The van der Waals surface area contributed by atoms with E-state index in [0.717, 1.165) is 40.5 Å². The maximum Gasteiger partial charge on any atom is 0.141 e. The number of rotatable bonds is 13. The number of allylic oxidation sites excluding steroid dienone is 6. The molecule has 0 bridgehead atoms. The zero-order valence-electron chi connectivity index (χ0n) is 21.9. The summed E-state index contributed by atoms with van der Waals surface area (Å²) >= 11 is 0. The predicted molar refractivity (Wildman–Crippen MR) is 151 cm³/mol. The first-order valence-electron chi connectivity index (χ1n) is 11.9. The first-order chi connectivity index (χ1) is 18.3. The lowest BCUT2D eigenvalue weighted by molar-refractivity contribution is -0.106. The number of carbonyl (C=O) groups excluding carboxylic acids is 1. The summed E-state index contributed by atoms with van der Waals surface area (Å²) in [5.41, 5.74) is 11.4. The molecule has 0 amide bonds. The molecule has 2 rings (SSSR count). The number of hydrogen-bond donors (Lipinski definition) is 4. The van der Waals surface area contributed by atoms with Crippen LogP contribution in [0.25, 0.3) is 0 Å². The summed E-state index contributed by atoms with van der Waals surface area (Å²) in [6.45, 7) is 11.7. The molecule has 0 atom stereocenters. The summed E-state index contributed by atoms with van der Waals surface area (Å²) < 4.78 is 13.6. The number of aromatic nitrogens is 1. The van der Waals surface area contributed by atoms with Crippen LogP contribution in [0.5, 0.6) is 0 Å². The van der Waals surface area contributed by atoms with Crippen LogP contribution in [0.4, 0.5) is 4.39 Å². The van der Waals surface area contributed by atoms with Gasteiger partial charge in [-0.15, -0.1) is 0 Å². The summed E-state index contributed by atoms with van der Waals surface area (Å²) in [4.78, 5) is 12.7. The van der Waals surface area contributed by atoms with E-state index >= 15 is 0 Å². The maximum absolute atomic E-state index is 13.6. The van der Waals surface area contributed by atoms with Gasteiger partial charge in [-0.3, -0.25) is 10.4 Å². The Morgan fingerprint density at radius 3 is 2.42 bits per heavy atom. The predicted octanol–water partition coefficient (Wildman–Crippen LogP) is 4.81. The standard InChI is InChI=1S/C28H31FN6.C2H4O/c1-4-21(15-30)12-26(13-24-14-27(29)19-34-16-24)20(3)35-17-23-8-6-22(7-9-23)10-11-25(28(31)32)18-33-5-2;1-2-3/h4-9,11-12,14,16,19,33,35H,1-2,10,13,17-18H2,3H3,(H3,31,32);2H,1H3/b21-12+,25-11+,26-20-;. The highest BCUT2D eigenvalue weighted by Crippen LogP contribution is 2.16. The Labute approximate surface area is 224 Å². The van der Waals surface area contributed by atoms with Crippen molar-refractivity contribution in [2.75, 3.05) is 6.54 Å². The molecule has 198 valence electrons. The van der Waals surface area contributed by atoms with E-state index < -0.39 is 5.82 Å². The summed E-state index contributed by atoms with van der Waals surface area (Å²) in [6.07, 6.45) is 11.4. The number of carbonyl (C=O) groups is 1. The molecule has 0 spiro atoms. The summed E-state index contributed by atoms with van der Waals surface area (Å²) in [6, 6.07) is 11.7. The van der Waals surface area contributed by atoms with Crippen molar-refractivity contribution in [2.45, 2.75) is 33.2 Å². The number of halogens is 1. The van der Waals surface area contributed by atoms with Crippen LogP contribution >= 0.6 is 0 Å². The minimum absolute atomic E-state index is 0.0392. The molecule has 7 nitrogen and oxygen atoms in total. The van der Waals surface area contributed by atoms with Gasteiger partial charge >= 0.3 is 0 Å². The van der Waals surface area contributed by atoms with Crippen molar-refractivity contribution < 1.29 is 9.18 Å². The van der Waals surface area contributed by atoms with Gasteiger partial charge in [0.15, 0.2) is 0 Å². The van der Waals surface area contributed by atoms with Crippen LogP contribution in [0, 0.1) is 22.6 Å². The van der Waals surface area contributed by atoms with Crippen molar-refractivity contribution in [3.05, 3.63) is 125 Å². The van der Waals surface area contributed by atoms with Crippen LogP contribution in [0.15, 0.2) is 103 Å². The van der Waals surface area contributed by atoms with Crippen molar-refractivity contribution in [3.63, 3.8) is 0 Å². The molecule has 0 unspecified atom stereocenters. The quantitative estimate of drug-likeness (QED) is 0.0999. The molecular weight excluding hydrogens is 479 g/mol. The van der Waals surface area contributed by atoms with Gasteiger partial charge in [-0.2, -0.15) is 5.26 Å². The smallest absolute Gasteiger partial charge is 0.141 e. The normalized spacial score (nSPS) is 11.6. The molecule has 1 aromatic carbocycles. The van der Waals surface area contributed by atoms with Crippen molar-refractivity contribution in [3.8, 4) is 6.07 Å². The number of nitrogens with one attached hydrogen (secondary N) is 3. The summed E-state index contributed by atoms with van der Waals surface area (Å²) in [7, 11) is 0. The molecule has 0 saturated heterocycles. The van der Waals surface area contributed by atoms with Gasteiger partial charge in [0.2, 0.25) is 0 Å². The Morgan fingerprint density at radius 2 is 1.87 bits per heavy atom. The Hall–Kier alpha value is -4.77. The number of nitriles is 1. The van der Waals surface area contributed by atoms with Gasteiger partial charge in [0.05, 0.1) is 17.8 Å². The third kappa shape index (κ3) is 11.8. The van der Waals surface area contributed by atoms with Crippen molar-refractivity contribution in [1.29, 1.82) is 10.7 Å². The molecule has 0 fully saturated rings. The van der Waals surface area contributed by atoms with Crippen LogP contribution in [0.3, 0.4) is 0 Å². The molecule has 0 radical (unpaired) electrons. The molecule has 0 saturated carbocycles. The lowest BCUT2D eigenvalue weighted by Gasteiger charge is -2.13. The summed E-state index contributed by atoms with van der Waals surface area (Å²) in [5.74, 6) is -0.361. The number of amidine groups is 1. The fourth-order valence-electron chi connectivity index (χ4n) is 3.23. The molecule has 1 aromatic heterocycles. The number of pyridine rings is 1. The first-order valence-corrected chi connectivity index (χ1v) is 11.9. The molecule has 0 aliphatic carbocycles. The zero-order valence-corrected chi connectivity index (χ0v) is 21.9. The van der Waals surface area contributed by atoms with E-state index in [1.807, 2.05) is 37.3 Å². The molecule has 0 aliphatic heterocycles. The topological polar surface area (TPSA) is 128 Å². The average Bonchev–Trinajstić information content (AvgIpc) is 2.90. The van der Waals surface area contributed by atoms with Crippen LogP contribution in [0.1, 0.15) is 30.5 Å². The van der Waals surface area contributed by atoms with Gasteiger partial charge in [-0.25, -0.2) is 4.39 Å². The van der Waals surface area contributed by atoms with Gasteiger partial charge in [-0.1, -0.05) is 49.6 Å². The largest absolute Gasteiger partial charge is 0.387 e. The van der Waals surface area contributed by atoms with E-state index in [1.54, 1.807) is 18.5 Å². The Bertz CT molecular complexity index is 1240. The highest BCUT2D eigenvalue weighted by Gasteiger charge is 2.06. The Kier molecular flexibility index (Phi) is 14.5. The molecule has 5 N–H and O–H groups in total. The second-order valence-corrected chi connectivity index (χ2v) is 8.09. The van der Waals surface area contributed by atoms with Crippen LogP contribution in [0.2, 0.25) is 0 Å². The van der Waals surface area contributed by atoms with Crippen LogP contribution < -0.4 is 16.4 Å². The molecular formula is C30H35FN6O. The van der Waals surface area contributed by atoms with E-state index in [1.165, 1.54) is 19.1 Å². The first kappa shape index (κ1) is 31.3. The molecule has 2 aromatic rings. The van der Waals surface area contributed by atoms with Crippen molar-refractivity contribution in [2.24, 2.45) is 5.73 Å². The second kappa shape index (κ2) is 17.6. The van der Waals surface area contributed by atoms with E-state index in [9.17, 15) is 9.65 Å². The van der Waals surface area contributed by atoms with E-state index in [0.29, 0.717) is 37.1 Å². The lowest BCUT2D eigenvalue weighted by atomic mass is 10.0. The fraction of sp³-hybridized carbons (Fsp3) is 0.200. The van der Waals surface area contributed by atoms with Crippen LogP contribution in [-0.4, -0.2) is 23.7 Å². The van der Waals surface area contributed by atoms with Crippen molar-refractivity contribution in [1.82, 2.24) is 15.6 Å². The minimum Gasteiger partial charge on any atom is -0.387 e. The minimum atomic E-state index is -0.400. The fourth-order valence-corrected chi connectivity index (χ4v) is 3.23. The number of hydrogen-bond acceptors (Lipinski definition) is 6. The van der Waals surface area contributed by atoms with Gasteiger partial charge in [0, 0.05) is 37.0 Å². The number of nitrogens with two attached hydrogens (primary N) is 1. The highest BCUT2D eigenvalue weighted by atomic mass is 19.1. The maximum atomic E-state index is 13.6. The SMILES string of the molecule is C=CNC/C(=C\Cc1ccc(CN/C(C)=C(/C=C(/C#N)C=C)Cc2cncc(F)c2)cc1)C(=N)N.CC=O. The van der Waals surface area contributed by atoms with Gasteiger partial charge in [-0.05, 0) is 60.9 Å².